The van der Waals surface area contributed by atoms with Gasteiger partial charge in [0.05, 0.1) is 11.5 Å². The predicted molar refractivity (Wildman–Crippen MR) is 83.3 cm³/mol. The number of hydrogen-bond donors (Lipinski definition) is 1. The highest BCUT2D eigenvalue weighted by Gasteiger charge is 2.40. The molecule has 0 spiro atoms. The van der Waals surface area contributed by atoms with E-state index in [2.05, 4.69) is 4.72 Å². The van der Waals surface area contributed by atoms with Gasteiger partial charge in [0.15, 0.2) is 0 Å². The fourth-order valence-electron chi connectivity index (χ4n) is 2.60. The van der Waals surface area contributed by atoms with Gasteiger partial charge in [-0.1, -0.05) is 12.1 Å². The van der Waals surface area contributed by atoms with E-state index in [0.717, 1.165) is 18.2 Å². The number of sulfone groups is 1. The van der Waals surface area contributed by atoms with Crippen LogP contribution >= 0.6 is 0 Å². The first-order chi connectivity index (χ1) is 10.1. The highest BCUT2D eigenvalue weighted by Crippen LogP contribution is 2.35. The Labute approximate surface area is 130 Å². The second kappa shape index (κ2) is 6.25. The monoisotopic (exact) mass is 349 g/mol. The number of nitrogens with one attached hydrogen (secondary N) is 1. The SMILES string of the molecule is CS(=O)(=O)CCS(=O)(=O)NC1(Cc2cccc(F)c2)CCC1. The summed E-state index contributed by atoms with van der Waals surface area (Å²) in [4.78, 5) is 0. The van der Waals surface area contributed by atoms with Crippen molar-refractivity contribution in [1.29, 1.82) is 0 Å². The molecule has 0 heterocycles. The van der Waals surface area contributed by atoms with Gasteiger partial charge in [0.2, 0.25) is 10.0 Å². The molecule has 0 unspecified atom stereocenters. The molecular weight excluding hydrogens is 329 g/mol. The molecule has 0 atom stereocenters. The van der Waals surface area contributed by atoms with Crippen LogP contribution in [0.5, 0.6) is 0 Å². The molecule has 0 bridgehead atoms. The van der Waals surface area contributed by atoms with E-state index in [4.69, 9.17) is 0 Å². The number of halogens is 1. The second-order valence-electron chi connectivity index (χ2n) is 5.99. The minimum atomic E-state index is -3.69. The van der Waals surface area contributed by atoms with Crippen molar-refractivity contribution in [1.82, 2.24) is 4.72 Å². The molecule has 2 rings (SSSR count). The van der Waals surface area contributed by atoms with Gasteiger partial charge in [0, 0.05) is 11.8 Å². The lowest BCUT2D eigenvalue weighted by Crippen LogP contribution is -2.55. The van der Waals surface area contributed by atoms with Crippen LogP contribution in [0.1, 0.15) is 24.8 Å². The van der Waals surface area contributed by atoms with Gasteiger partial charge >= 0.3 is 0 Å². The van der Waals surface area contributed by atoms with E-state index in [9.17, 15) is 21.2 Å². The van der Waals surface area contributed by atoms with Gasteiger partial charge in [0.25, 0.3) is 0 Å². The Balaban J connectivity index is 2.07. The van der Waals surface area contributed by atoms with Crippen LogP contribution < -0.4 is 4.72 Å². The normalized spacial score (nSPS) is 17.9. The summed E-state index contributed by atoms with van der Waals surface area (Å²) in [6.45, 7) is 0. The summed E-state index contributed by atoms with van der Waals surface area (Å²) in [6.07, 6.45) is 3.64. The number of sulfonamides is 1. The lowest BCUT2D eigenvalue weighted by atomic mass is 9.74. The van der Waals surface area contributed by atoms with E-state index >= 15 is 0 Å². The van der Waals surface area contributed by atoms with Crippen LogP contribution in [-0.4, -0.2) is 40.1 Å². The Morgan fingerprint density at radius 1 is 1.18 bits per heavy atom. The molecule has 1 aromatic carbocycles. The molecule has 5 nitrogen and oxygen atoms in total. The average molecular weight is 349 g/mol. The van der Waals surface area contributed by atoms with Crippen LogP contribution in [0, 0.1) is 5.82 Å². The predicted octanol–water partition coefficient (Wildman–Crippen LogP) is 1.25. The summed E-state index contributed by atoms with van der Waals surface area (Å²) in [5.74, 6) is -1.21. The van der Waals surface area contributed by atoms with Crippen molar-refractivity contribution in [2.45, 2.75) is 31.2 Å². The molecule has 0 radical (unpaired) electrons. The molecule has 8 heteroatoms. The van der Waals surface area contributed by atoms with E-state index in [0.29, 0.717) is 19.3 Å². The minimum Gasteiger partial charge on any atom is -0.229 e. The largest absolute Gasteiger partial charge is 0.229 e. The lowest BCUT2D eigenvalue weighted by molar-refractivity contribution is 0.220. The van der Waals surface area contributed by atoms with E-state index in [1.54, 1.807) is 12.1 Å². The average Bonchev–Trinajstić information content (AvgIpc) is 2.33. The van der Waals surface area contributed by atoms with Crippen LogP contribution in [-0.2, 0) is 26.3 Å². The Kier molecular flexibility index (Phi) is 4.93. The molecule has 124 valence electrons. The quantitative estimate of drug-likeness (QED) is 0.803. The van der Waals surface area contributed by atoms with Gasteiger partial charge in [0.1, 0.15) is 15.7 Å². The zero-order chi connectivity index (χ0) is 16.4. The number of hydrogen-bond acceptors (Lipinski definition) is 4. The van der Waals surface area contributed by atoms with Crippen molar-refractivity contribution in [3.05, 3.63) is 35.6 Å². The van der Waals surface area contributed by atoms with Gasteiger partial charge in [-0.3, -0.25) is 0 Å². The lowest BCUT2D eigenvalue weighted by Gasteiger charge is -2.42. The van der Waals surface area contributed by atoms with E-state index in [1.165, 1.54) is 12.1 Å². The van der Waals surface area contributed by atoms with Gasteiger partial charge in [-0.05, 0) is 43.4 Å². The van der Waals surface area contributed by atoms with Crippen LogP contribution in [0.25, 0.3) is 0 Å². The van der Waals surface area contributed by atoms with Crippen molar-refractivity contribution in [2.24, 2.45) is 0 Å². The molecule has 0 aromatic heterocycles. The van der Waals surface area contributed by atoms with Gasteiger partial charge in [-0.25, -0.2) is 25.9 Å². The molecule has 22 heavy (non-hydrogen) atoms. The summed E-state index contributed by atoms with van der Waals surface area (Å²) in [7, 11) is -7.02. The van der Waals surface area contributed by atoms with Crippen molar-refractivity contribution in [3.63, 3.8) is 0 Å². The van der Waals surface area contributed by atoms with Gasteiger partial charge < -0.3 is 0 Å². The zero-order valence-electron chi connectivity index (χ0n) is 12.4. The van der Waals surface area contributed by atoms with E-state index < -0.39 is 36.9 Å². The third-order valence-corrected chi connectivity index (χ3v) is 6.53. The fraction of sp³-hybridized carbons (Fsp3) is 0.571. The molecule has 1 aliphatic carbocycles. The van der Waals surface area contributed by atoms with Crippen molar-refractivity contribution >= 4 is 19.9 Å². The summed E-state index contributed by atoms with van der Waals surface area (Å²) in [5, 5.41) is 0. The molecular formula is C14H20FNO4S2. The van der Waals surface area contributed by atoms with Crippen LogP contribution in [0.4, 0.5) is 4.39 Å². The summed E-state index contributed by atoms with van der Waals surface area (Å²) in [5.41, 5.74) is 0.106. The van der Waals surface area contributed by atoms with Crippen LogP contribution in [0.2, 0.25) is 0 Å². The highest BCUT2D eigenvalue weighted by molar-refractivity contribution is 7.93. The van der Waals surface area contributed by atoms with Crippen molar-refractivity contribution in [3.8, 4) is 0 Å². The standard InChI is InChI=1S/C14H20FNO4S2/c1-21(17,18)8-9-22(19,20)16-14(6-3-7-14)11-12-4-2-5-13(15)10-12/h2,4-5,10,16H,3,6-9,11H2,1H3. The van der Waals surface area contributed by atoms with E-state index in [-0.39, 0.29) is 5.82 Å². The molecule has 0 amide bonds. The first-order valence-electron chi connectivity index (χ1n) is 7.03. The summed E-state index contributed by atoms with van der Waals surface area (Å²) >= 11 is 0. The maximum absolute atomic E-state index is 13.2. The Bertz CT molecular complexity index is 740. The first-order valence-corrected chi connectivity index (χ1v) is 10.7. The number of benzene rings is 1. The molecule has 1 fully saturated rings. The third kappa shape index (κ3) is 5.03. The number of rotatable bonds is 7. The topological polar surface area (TPSA) is 80.3 Å². The zero-order valence-corrected chi connectivity index (χ0v) is 14.0. The Morgan fingerprint density at radius 3 is 2.36 bits per heavy atom. The summed E-state index contributed by atoms with van der Waals surface area (Å²) in [6, 6.07) is 6.08. The Morgan fingerprint density at radius 2 is 1.86 bits per heavy atom. The fourth-order valence-corrected chi connectivity index (χ4v) is 5.72. The van der Waals surface area contributed by atoms with Crippen molar-refractivity contribution < 1.29 is 21.2 Å². The maximum atomic E-state index is 13.2. The second-order valence-corrected chi connectivity index (χ2v) is 10.1. The first kappa shape index (κ1) is 17.4. The van der Waals surface area contributed by atoms with Gasteiger partial charge in [-0.2, -0.15) is 0 Å². The maximum Gasteiger partial charge on any atom is 0.213 e. The van der Waals surface area contributed by atoms with Crippen LogP contribution in [0.3, 0.4) is 0 Å². The third-order valence-electron chi connectivity index (χ3n) is 3.84. The molecule has 1 N–H and O–H groups in total. The smallest absolute Gasteiger partial charge is 0.213 e. The molecule has 0 saturated heterocycles. The molecule has 0 aliphatic heterocycles. The highest BCUT2D eigenvalue weighted by atomic mass is 32.2. The van der Waals surface area contributed by atoms with Crippen LogP contribution in [0.15, 0.2) is 24.3 Å². The van der Waals surface area contributed by atoms with Gasteiger partial charge in [-0.15, -0.1) is 0 Å². The van der Waals surface area contributed by atoms with E-state index in [1.807, 2.05) is 0 Å². The molecule has 1 saturated carbocycles. The molecule has 1 aliphatic rings. The molecule has 1 aromatic rings. The minimum absolute atomic E-state index is 0.355. The van der Waals surface area contributed by atoms with Crippen molar-refractivity contribution in [2.75, 3.05) is 17.8 Å². The summed E-state index contributed by atoms with van der Waals surface area (Å²) < 4.78 is 62.3. The Hall–Kier alpha value is -0.990.